The number of nitrogens with zero attached hydrogens (tertiary/aromatic N) is 4. The largest absolute Gasteiger partial charge is 0.355 e. The quantitative estimate of drug-likeness (QED) is 0.543. The first-order chi connectivity index (χ1) is 12.1. The molecule has 25 heavy (non-hydrogen) atoms. The van der Waals surface area contributed by atoms with Gasteiger partial charge in [0, 0.05) is 78.4 Å². The molecule has 2 N–H and O–H groups in total. The summed E-state index contributed by atoms with van der Waals surface area (Å²) in [6.07, 6.45) is 4.13. The van der Waals surface area contributed by atoms with Gasteiger partial charge >= 0.3 is 0 Å². The second kappa shape index (κ2) is 8.36. The number of aliphatic imine (C=N–C) groups is 1. The molecule has 142 valence electrons. The van der Waals surface area contributed by atoms with Gasteiger partial charge < -0.3 is 15.5 Å². The third-order valence-corrected chi connectivity index (χ3v) is 5.93. The summed E-state index contributed by atoms with van der Waals surface area (Å²) in [4.78, 5) is 23.5. The average Bonchev–Trinajstić information content (AvgIpc) is 2.65. The number of rotatable bonds is 4. The Morgan fingerprint density at radius 1 is 1.20 bits per heavy atom. The topological polar surface area (TPSA) is 63.2 Å². The standard InChI is InChI=1S/C18H34N6O/c1-19-18(20-12-16-13-23-7-9-24(16)10-8-23)21-15-6-4-5-14(11-15)17(25)22(2)3/h14-16H,4-13H2,1-3H3,(H2,19,20,21). The Bertz CT molecular complexity index is 486. The number of amides is 1. The summed E-state index contributed by atoms with van der Waals surface area (Å²) < 4.78 is 0. The first kappa shape index (κ1) is 18.5. The van der Waals surface area contributed by atoms with E-state index < -0.39 is 0 Å². The zero-order valence-electron chi connectivity index (χ0n) is 16.0. The highest BCUT2D eigenvalue weighted by Crippen LogP contribution is 2.25. The van der Waals surface area contributed by atoms with Crippen LogP contribution in [0.1, 0.15) is 25.7 Å². The van der Waals surface area contributed by atoms with Crippen LogP contribution in [0.5, 0.6) is 0 Å². The highest BCUT2D eigenvalue weighted by atomic mass is 16.2. The van der Waals surface area contributed by atoms with Gasteiger partial charge in [-0.1, -0.05) is 6.42 Å². The Morgan fingerprint density at radius 2 is 1.96 bits per heavy atom. The molecule has 4 rings (SSSR count). The van der Waals surface area contributed by atoms with E-state index in [9.17, 15) is 4.79 Å². The predicted octanol–water partition coefficient (Wildman–Crippen LogP) is -0.202. The molecular formula is C18H34N6O. The molecule has 0 spiro atoms. The number of carbonyl (C=O) groups excluding carboxylic acids is 1. The molecule has 7 nitrogen and oxygen atoms in total. The van der Waals surface area contributed by atoms with Crippen LogP contribution < -0.4 is 10.6 Å². The van der Waals surface area contributed by atoms with Crippen LogP contribution in [-0.4, -0.2) is 99.1 Å². The van der Waals surface area contributed by atoms with Crippen LogP contribution >= 0.6 is 0 Å². The average molecular weight is 351 g/mol. The van der Waals surface area contributed by atoms with E-state index in [2.05, 4.69) is 25.4 Å². The summed E-state index contributed by atoms with van der Waals surface area (Å²) in [7, 11) is 5.53. The minimum atomic E-state index is 0.146. The number of nitrogens with one attached hydrogen (secondary N) is 2. The zero-order chi connectivity index (χ0) is 17.8. The minimum Gasteiger partial charge on any atom is -0.355 e. The molecule has 7 heteroatoms. The normalized spacial score (nSPS) is 35.3. The van der Waals surface area contributed by atoms with E-state index in [4.69, 9.17) is 0 Å². The highest BCUT2D eigenvalue weighted by molar-refractivity contribution is 5.81. The molecule has 4 aliphatic rings. The van der Waals surface area contributed by atoms with Gasteiger partial charge in [0.25, 0.3) is 0 Å². The van der Waals surface area contributed by atoms with Crippen molar-refractivity contribution in [1.29, 1.82) is 0 Å². The van der Waals surface area contributed by atoms with Gasteiger partial charge in [-0.2, -0.15) is 0 Å². The molecule has 3 saturated heterocycles. The maximum Gasteiger partial charge on any atom is 0.225 e. The maximum atomic E-state index is 12.2. The van der Waals surface area contributed by atoms with Gasteiger partial charge in [0.05, 0.1) is 0 Å². The van der Waals surface area contributed by atoms with E-state index in [1.807, 2.05) is 21.1 Å². The smallest absolute Gasteiger partial charge is 0.225 e. The van der Waals surface area contributed by atoms with Crippen molar-refractivity contribution in [2.45, 2.75) is 37.8 Å². The number of carbonyl (C=O) groups is 1. The SMILES string of the molecule is CN=C(NCC1CN2CCN1CC2)NC1CCCC(C(=O)N(C)C)C1. The van der Waals surface area contributed by atoms with E-state index in [0.717, 1.165) is 44.7 Å². The Balaban J connectivity index is 1.46. The summed E-state index contributed by atoms with van der Waals surface area (Å²) in [5.74, 6) is 1.28. The van der Waals surface area contributed by atoms with Crippen LogP contribution in [0.2, 0.25) is 0 Å². The molecule has 3 unspecified atom stereocenters. The van der Waals surface area contributed by atoms with Crippen LogP contribution in [0.3, 0.4) is 0 Å². The maximum absolute atomic E-state index is 12.2. The second-order valence-electron chi connectivity index (χ2n) is 7.88. The fourth-order valence-electron chi connectivity index (χ4n) is 4.43. The molecule has 0 aromatic carbocycles. The highest BCUT2D eigenvalue weighted by Gasteiger charge is 2.32. The fraction of sp³-hybridized carbons (Fsp3) is 0.889. The lowest BCUT2D eigenvalue weighted by Gasteiger charge is -2.47. The van der Waals surface area contributed by atoms with Gasteiger partial charge in [0.1, 0.15) is 0 Å². The van der Waals surface area contributed by atoms with Crippen molar-refractivity contribution >= 4 is 11.9 Å². The van der Waals surface area contributed by atoms with E-state index in [0.29, 0.717) is 12.1 Å². The summed E-state index contributed by atoms with van der Waals surface area (Å²) in [5.41, 5.74) is 0. The van der Waals surface area contributed by atoms with E-state index >= 15 is 0 Å². The van der Waals surface area contributed by atoms with Gasteiger partial charge in [0.15, 0.2) is 5.96 Å². The Morgan fingerprint density at radius 3 is 2.56 bits per heavy atom. The summed E-state index contributed by atoms with van der Waals surface area (Å²) in [5, 5.41) is 7.06. The molecule has 0 aromatic rings. The number of piperazine rings is 3. The van der Waals surface area contributed by atoms with Crippen molar-refractivity contribution in [3.8, 4) is 0 Å². The van der Waals surface area contributed by atoms with E-state index in [1.165, 1.54) is 26.2 Å². The summed E-state index contributed by atoms with van der Waals surface area (Å²) in [6, 6.07) is 0.913. The minimum absolute atomic E-state index is 0.146. The molecule has 1 aliphatic carbocycles. The summed E-state index contributed by atoms with van der Waals surface area (Å²) >= 11 is 0. The van der Waals surface area contributed by atoms with Crippen LogP contribution in [0, 0.1) is 5.92 Å². The lowest BCUT2D eigenvalue weighted by molar-refractivity contribution is -0.134. The van der Waals surface area contributed by atoms with Crippen LogP contribution in [-0.2, 0) is 4.79 Å². The third kappa shape index (κ3) is 4.64. The van der Waals surface area contributed by atoms with Crippen molar-refractivity contribution < 1.29 is 4.79 Å². The van der Waals surface area contributed by atoms with Gasteiger partial charge in [0.2, 0.25) is 5.91 Å². The number of guanidine groups is 1. The molecule has 3 atom stereocenters. The monoisotopic (exact) mass is 350 g/mol. The number of fused-ring (bicyclic) bond motifs is 3. The lowest BCUT2D eigenvalue weighted by Crippen LogP contribution is -2.64. The number of hydrogen-bond donors (Lipinski definition) is 2. The van der Waals surface area contributed by atoms with E-state index in [1.54, 1.807) is 4.90 Å². The molecule has 4 fully saturated rings. The third-order valence-electron chi connectivity index (χ3n) is 5.93. The molecule has 3 heterocycles. The van der Waals surface area contributed by atoms with Crippen LogP contribution in [0.15, 0.2) is 4.99 Å². The number of hydrogen-bond acceptors (Lipinski definition) is 4. The van der Waals surface area contributed by atoms with Gasteiger partial charge in [-0.3, -0.25) is 19.6 Å². The first-order valence-electron chi connectivity index (χ1n) is 9.71. The molecule has 1 amide bonds. The molecule has 1 saturated carbocycles. The molecule has 0 radical (unpaired) electrons. The first-order valence-corrected chi connectivity index (χ1v) is 9.71. The molecule has 0 aromatic heterocycles. The zero-order valence-corrected chi connectivity index (χ0v) is 16.0. The van der Waals surface area contributed by atoms with Crippen molar-refractivity contribution in [2.24, 2.45) is 10.9 Å². The predicted molar refractivity (Wildman–Crippen MR) is 101 cm³/mol. The molecular weight excluding hydrogens is 316 g/mol. The van der Waals surface area contributed by atoms with Crippen LogP contribution in [0.4, 0.5) is 0 Å². The fourth-order valence-corrected chi connectivity index (χ4v) is 4.43. The Kier molecular flexibility index (Phi) is 6.17. The van der Waals surface area contributed by atoms with Gasteiger partial charge in [-0.15, -0.1) is 0 Å². The van der Waals surface area contributed by atoms with Gasteiger partial charge in [-0.25, -0.2) is 0 Å². The van der Waals surface area contributed by atoms with Gasteiger partial charge in [-0.05, 0) is 19.3 Å². The van der Waals surface area contributed by atoms with E-state index in [-0.39, 0.29) is 11.8 Å². The lowest BCUT2D eigenvalue weighted by atomic mass is 9.85. The van der Waals surface area contributed by atoms with Crippen molar-refractivity contribution in [1.82, 2.24) is 25.3 Å². The second-order valence-corrected chi connectivity index (χ2v) is 7.88. The Hall–Kier alpha value is -1.34. The molecule has 2 bridgehead atoms. The van der Waals surface area contributed by atoms with Crippen LogP contribution in [0.25, 0.3) is 0 Å². The van der Waals surface area contributed by atoms with Crippen molar-refractivity contribution in [2.75, 3.05) is 60.4 Å². The van der Waals surface area contributed by atoms with Crippen molar-refractivity contribution in [3.63, 3.8) is 0 Å². The molecule has 3 aliphatic heterocycles. The Labute approximate surface area is 151 Å². The van der Waals surface area contributed by atoms with Crippen molar-refractivity contribution in [3.05, 3.63) is 0 Å². The summed E-state index contributed by atoms with van der Waals surface area (Å²) in [6.45, 7) is 6.90.